The third-order valence-corrected chi connectivity index (χ3v) is 6.66. The number of ether oxygens (including phenoxy) is 1. The standard InChI is InChI=1S/C25H16F2N2O5S/c1-34-15-8-4-13(5-9-15)22(31)20-21(12-2-6-14(30)7-3-12)29(24(33)23(20)32)25-28-18-10-16(26)17(27)11-19(18)35-25/h2-11,21,30-31H,1H3/b22-20+. The number of amides is 1. The summed E-state index contributed by atoms with van der Waals surface area (Å²) in [6.45, 7) is 0. The van der Waals surface area contributed by atoms with Crippen molar-refractivity contribution in [3.05, 3.63) is 89.0 Å². The second-order valence-electron chi connectivity index (χ2n) is 7.72. The number of hydrogen-bond acceptors (Lipinski definition) is 7. The molecule has 0 radical (unpaired) electrons. The first-order valence-corrected chi connectivity index (χ1v) is 11.1. The summed E-state index contributed by atoms with van der Waals surface area (Å²) in [6, 6.07) is 12.8. The SMILES string of the molecule is COc1ccc(/C(O)=C2\C(=O)C(=O)N(c3nc4cc(F)c(F)cc4s3)C2c2ccc(O)cc2)cc1. The summed E-state index contributed by atoms with van der Waals surface area (Å²) < 4.78 is 32.9. The molecule has 1 aliphatic rings. The van der Waals surface area contributed by atoms with Gasteiger partial charge in [-0.3, -0.25) is 14.5 Å². The number of nitrogens with zero attached hydrogens (tertiary/aromatic N) is 2. The van der Waals surface area contributed by atoms with Gasteiger partial charge in [0.15, 0.2) is 16.8 Å². The highest BCUT2D eigenvalue weighted by Crippen LogP contribution is 2.44. The average Bonchev–Trinajstić information content (AvgIpc) is 3.37. The lowest BCUT2D eigenvalue weighted by molar-refractivity contribution is -0.132. The van der Waals surface area contributed by atoms with Crippen molar-refractivity contribution in [3.8, 4) is 11.5 Å². The molecule has 1 unspecified atom stereocenters. The molecule has 0 aliphatic carbocycles. The van der Waals surface area contributed by atoms with E-state index in [4.69, 9.17) is 4.74 Å². The zero-order valence-corrected chi connectivity index (χ0v) is 18.8. The summed E-state index contributed by atoms with van der Waals surface area (Å²) in [5, 5.41) is 20.9. The fourth-order valence-electron chi connectivity index (χ4n) is 3.92. The van der Waals surface area contributed by atoms with Gasteiger partial charge in [-0.05, 0) is 48.0 Å². The molecule has 1 saturated heterocycles. The van der Waals surface area contributed by atoms with E-state index in [0.29, 0.717) is 11.3 Å². The highest BCUT2D eigenvalue weighted by molar-refractivity contribution is 7.22. The van der Waals surface area contributed by atoms with E-state index in [-0.39, 0.29) is 32.2 Å². The largest absolute Gasteiger partial charge is 0.508 e. The lowest BCUT2D eigenvalue weighted by Crippen LogP contribution is -2.29. The average molecular weight is 494 g/mol. The van der Waals surface area contributed by atoms with Gasteiger partial charge in [-0.1, -0.05) is 23.5 Å². The van der Waals surface area contributed by atoms with Crippen molar-refractivity contribution in [1.82, 2.24) is 4.98 Å². The van der Waals surface area contributed by atoms with Gasteiger partial charge in [-0.2, -0.15) is 0 Å². The van der Waals surface area contributed by atoms with E-state index in [1.165, 1.54) is 31.4 Å². The molecular weight excluding hydrogens is 478 g/mol. The molecule has 1 fully saturated rings. The number of phenols is 1. The predicted octanol–water partition coefficient (Wildman–Crippen LogP) is 4.92. The van der Waals surface area contributed by atoms with Crippen LogP contribution in [0.5, 0.6) is 11.5 Å². The number of aromatic hydroxyl groups is 1. The number of phenolic OH excluding ortho intramolecular Hbond substituents is 1. The van der Waals surface area contributed by atoms with Gasteiger partial charge in [0.2, 0.25) is 0 Å². The highest BCUT2D eigenvalue weighted by Gasteiger charge is 2.48. The summed E-state index contributed by atoms with van der Waals surface area (Å²) in [4.78, 5) is 31.7. The summed E-state index contributed by atoms with van der Waals surface area (Å²) in [5.41, 5.74) is 0.614. The van der Waals surface area contributed by atoms with Gasteiger partial charge in [0.25, 0.3) is 5.78 Å². The van der Waals surface area contributed by atoms with E-state index in [1.807, 2.05) is 0 Å². The van der Waals surface area contributed by atoms with Crippen LogP contribution in [0.25, 0.3) is 16.0 Å². The van der Waals surface area contributed by atoms with Gasteiger partial charge in [-0.15, -0.1) is 0 Å². The van der Waals surface area contributed by atoms with E-state index >= 15 is 0 Å². The van der Waals surface area contributed by atoms with Crippen molar-refractivity contribution in [2.45, 2.75) is 6.04 Å². The van der Waals surface area contributed by atoms with Gasteiger partial charge in [-0.25, -0.2) is 13.8 Å². The number of ketones is 1. The molecule has 1 atom stereocenters. The van der Waals surface area contributed by atoms with E-state index in [2.05, 4.69) is 4.98 Å². The molecule has 5 rings (SSSR count). The first-order chi connectivity index (χ1) is 16.8. The van der Waals surface area contributed by atoms with Gasteiger partial charge in [0.1, 0.15) is 17.3 Å². The van der Waals surface area contributed by atoms with E-state index < -0.39 is 35.1 Å². The van der Waals surface area contributed by atoms with Crippen molar-refractivity contribution in [1.29, 1.82) is 0 Å². The van der Waals surface area contributed by atoms with Crippen LogP contribution in [-0.4, -0.2) is 34.0 Å². The predicted molar refractivity (Wildman–Crippen MR) is 125 cm³/mol. The number of Topliss-reactive ketones (excluding diaryl/α,β-unsaturated/α-hetero) is 1. The van der Waals surface area contributed by atoms with E-state index in [0.717, 1.165) is 28.4 Å². The molecule has 2 N–H and O–H groups in total. The van der Waals surface area contributed by atoms with Crippen LogP contribution in [0.4, 0.5) is 13.9 Å². The second-order valence-corrected chi connectivity index (χ2v) is 8.73. The molecule has 0 spiro atoms. The third kappa shape index (κ3) is 3.77. The fraction of sp³-hybridized carbons (Fsp3) is 0.0800. The number of thiazole rings is 1. The molecule has 176 valence electrons. The summed E-state index contributed by atoms with van der Waals surface area (Å²) in [5.74, 6) is -3.98. The van der Waals surface area contributed by atoms with Crippen molar-refractivity contribution < 1.29 is 33.3 Å². The first-order valence-electron chi connectivity index (χ1n) is 10.3. The minimum Gasteiger partial charge on any atom is -0.508 e. The number of aliphatic hydroxyl groups excluding tert-OH is 1. The Morgan fingerprint density at radius 3 is 2.34 bits per heavy atom. The number of halogens is 2. The molecule has 2 heterocycles. The number of aromatic nitrogens is 1. The molecule has 35 heavy (non-hydrogen) atoms. The van der Waals surface area contributed by atoms with Gasteiger partial charge >= 0.3 is 5.91 Å². The van der Waals surface area contributed by atoms with Gasteiger partial charge in [0, 0.05) is 11.6 Å². The first kappa shape index (κ1) is 22.5. The van der Waals surface area contributed by atoms with Crippen LogP contribution < -0.4 is 9.64 Å². The molecule has 1 aliphatic heterocycles. The Morgan fingerprint density at radius 1 is 1.03 bits per heavy atom. The smallest absolute Gasteiger partial charge is 0.301 e. The third-order valence-electron chi connectivity index (χ3n) is 5.64. The van der Waals surface area contributed by atoms with Gasteiger partial charge < -0.3 is 14.9 Å². The molecule has 7 nitrogen and oxygen atoms in total. The number of carbonyl (C=O) groups is 2. The molecule has 3 aromatic carbocycles. The number of methoxy groups -OCH3 is 1. The molecular formula is C25H16F2N2O5S. The fourth-order valence-corrected chi connectivity index (χ4v) is 4.92. The molecule has 0 saturated carbocycles. The molecule has 1 aromatic heterocycles. The van der Waals surface area contributed by atoms with Gasteiger partial charge in [0.05, 0.1) is 28.9 Å². The van der Waals surface area contributed by atoms with Crippen molar-refractivity contribution in [2.75, 3.05) is 12.0 Å². The number of hydrogen-bond donors (Lipinski definition) is 2. The molecule has 0 bridgehead atoms. The zero-order valence-electron chi connectivity index (χ0n) is 18.0. The number of benzene rings is 3. The van der Waals surface area contributed by atoms with Crippen LogP contribution in [0.15, 0.2) is 66.2 Å². The summed E-state index contributed by atoms with van der Waals surface area (Å²) >= 11 is 0.904. The molecule has 4 aromatic rings. The minimum absolute atomic E-state index is 0.0268. The Kier molecular flexibility index (Phi) is 5.45. The number of fused-ring (bicyclic) bond motifs is 1. The summed E-state index contributed by atoms with van der Waals surface area (Å²) in [6.07, 6.45) is 0. The lowest BCUT2D eigenvalue weighted by Gasteiger charge is -2.23. The number of anilines is 1. The van der Waals surface area contributed by atoms with Crippen molar-refractivity contribution >= 4 is 44.1 Å². The van der Waals surface area contributed by atoms with Crippen LogP contribution in [-0.2, 0) is 9.59 Å². The Hall–Kier alpha value is -4.31. The Morgan fingerprint density at radius 2 is 1.69 bits per heavy atom. The Labute approximate surface area is 201 Å². The maximum Gasteiger partial charge on any atom is 0.301 e. The van der Waals surface area contributed by atoms with Crippen LogP contribution in [0.1, 0.15) is 17.2 Å². The topological polar surface area (TPSA) is 100.0 Å². The van der Waals surface area contributed by atoms with E-state index in [9.17, 15) is 28.6 Å². The molecule has 1 amide bonds. The molecule has 10 heteroatoms. The maximum atomic E-state index is 13.8. The van der Waals surface area contributed by atoms with Crippen LogP contribution in [0, 0.1) is 11.6 Å². The summed E-state index contributed by atoms with van der Waals surface area (Å²) in [7, 11) is 1.49. The second kappa shape index (κ2) is 8.48. The highest BCUT2D eigenvalue weighted by atomic mass is 32.1. The zero-order chi connectivity index (χ0) is 24.9. The van der Waals surface area contributed by atoms with Crippen LogP contribution in [0.2, 0.25) is 0 Å². The van der Waals surface area contributed by atoms with Crippen molar-refractivity contribution in [3.63, 3.8) is 0 Å². The lowest BCUT2D eigenvalue weighted by atomic mass is 9.95. The maximum absolute atomic E-state index is 13.8. The quantitative estimate of drug-likeness (QED) is 0.238. The normalized spacial score (nSPS) is 17.3. The Bertz CT molecular complexity index is 1470. The van der Waals surface area contributed by atoms with Crippen LogP contribution in [0.3, 0.4) is 0 Å². The van der Waals surface area contributed by atoms with E-state index in [1.54, 1.807) is 24.3 Å². The number of rotatable bonds is 4. The monoisotopic (exact) mass is 494 g/mol. The van der Waals surface area contributed by atoms with Crippen molar-refractivity contribution in [2.24, 2.45) is 0 Å². The number of carbonyl (C=O) groups excluding carboxylic acids is 2. The minimum atomic E-state index is -1.10. The number of aliphatic hydroxyl groups is 1. The Balaban J connectivity index is 1.71. The van der Waals surface area contributed by atoms with Crippen LogP contribution >= 0.6 is 11.3 Å².